The topological polar surface area (TPSA) is 92.4 Å². The maximum Gasteiger partial charge on any atom is 0.319 e. The number of amides is 3. The zero-order valence-corrected chi connectivity index (χ0v) is 12.9. The molecule has 7 heteroatoms. The summed E-state index contributed by atoms with van der Waals surface area (Å²) >= 11 is 0. The van der Waals surface area contributed by atoms with E-state index in [1.165, 1.54) is 13.2 Å². The first kappa shape index (κ1) is 16.3. The molecule has 7 nitrogen and oxygen atoms in total. The highest BCUT2D eigenvalue weighted by atomic mass is 16.5. The molecule has 0 saturated heterocycles. The normalized spacial score (nSPS) is 9.83. The number of urea groups is 1. The van der Waals surface area contributed by atoms with Crippen molar-refractivity contribution in [3.05, 3.63) is 48.2 Å². The lowest BCUT2D eigenvalue weighted by atomic mass is 10.2. The van der Waals surface area contributed by atoms with E-state index in [2.05, 4.69) is 20.9 Å². The summed E-state index contributed by atoms with van der Waals surface area (Å²) in [6.07, 6.45) is 1.48. The Balaban J connectivity index is 1.87. The number of carbonyl (C=O) groups is 2. The van der Waals surface area contributed by atoms with E-state index in [4.69, 9.17) is 4.74 Å². The predicted molar refractivity (Wildman–Crippen MR) is 86.6 cm³/mol. The molecule has 0 aliphatic rings. The van der Waals surface area contributed by atoms with Gasteiger partial charge in [-0.05, 0) is 25.1 Å². The molecule has 0 atom stereocenters. The minimum atomic E-state index is -0.484. The molecule has 1 aromatic carbocycles. The van der Waals surface area contributed by atoms with Gasteiger partial charge in [-0.1, -0.05) is 17.7 Å². The quantitative estimate of drug-likeness (QED) is 0.787. The largest absolute Gasteiger partial charge is 0.439 e. The van der Waals surface area contributed by atoms with Gasteiger partial charge in [0.2, 0.25) is 11.8 Å². The van der Waals surface area contributed by atoms with Crippen molar-refractivity contribution in [2.24, 2.45) is 0 Å². The van der Waals surface area contributed by atoms with Crippen molar-refractivity contribution in [1.29, 1.82) is 0 Å². The highest BCUT2D eigenvalue weighted by molar-refractivity contribution is 5.92. The van der Waals surface area contributed by atoms with Crippen LogP contribution in [0.4, 0.5) is 10.5 Å². The third-order valence-electron chi connectivity index (χ3n) is 2.93. The van der Waals surface area contributed by atoms with Crippen LogP contribution in [0.15, 0.2) is 42.6 Å². The molecule has 0 bridgehead atoms. The lowest BCUT2D eigenvalue weighted by molar-refractivity contribution is -0.119. The van der Waals surface area contributed by atoms with E-state index in [1.807, 2.05) is 31.2 Å². The molecular formula is C16H18N4O3. The average molecular weight is 314 g/mol. The van der Waals surface area contributed by atoms with E-state index in [9.17, 15) is 9.59 Å². The Bertz CT molecular complexity index is 669. The number of aryl methyl sites for hydroxylation is 1. The summed E-state index contributed by atoms with van der Waals surface area (Å²) in [6.45, 7) is 1.90. The van der Waals surface area contributed by atoms with Crippen molar-refractivity contribution in [2.75, 3.05) is 18.9 Å². The lowest BCUT2D eigenvalue weighted by Crippen LogP contribution is -2.37. The zero-order valence-electron chi connectivity index (χ0n) is 12.9. The van der Waals surface area contributed by atoms with Gasteiger partial charge in [0.1, 0.15) is 5.75 Å². The van der Waals surface area contributed by atoms with E-state index < -0.39 is 6.03 Å². The Morgan fingerprint density at radius 1 is 1.13 bits per heavy atom. The molecule has 0 fully saturated rings. The summed E-state index contributed by atoms with van der Waals surface area (Å²) in [7, 11) is 1.50. The Kier molecular flexibility index (Phi) is 5.51. The van der Waals surface area contributed by atoms with Crippen LogP contribution in [0.1, 0.15) is 5.56 Å². The number of aromatic nitrogens is 1. The Morgan fingerprint density at radius 2 is 1.87 bits per heavy atom. The molecule has 23 heavy (non-hydrogen) atoms. The molecule has 0 spiro atoms. The molecule has 0 aliphatic carbocycles. The molecule has 0 unspecified atom stereocenters. The number of benzene rings is 1. The van der Waals surface area contributed by atoms with Gasteiger partial charge in [-0.3, -0.25) is 4.79 Å². The van der Waals surface area contributed by atoms with Crippen LogP contribution < -0.4 is 20.7 Å². The monoisotopic (exact) mass is 314 g/mol. The summed E-state index contributed by atoms with van der Waals surface area (Å²) in [4.78, 5) is 26.7. The number of nitrogens with zero attached hydrogens (tertiary/aromatic N) is 1. The zero-order chi connectivity index (χ0) is 16.7. The molecule has 120 valence electrons. The van der Waals surface area contributed by atoms with Crippen LogP contribution >= 0.6 is 0 Å². The second-order valence-corrected chi connectivity index (χ2v) is 4.78. The molecule has 2 aromatic rings. The van der Waals surface area contributed by atoms with Crippen molar-refractivity contribution >= 4 is 17.6 Å². The number of rotatable bonds is 5. The molecule has 0 saturated carbocycles. The highest BCUT2D eigenvalue weighted by Crippen LogP contribution is 2.20. The summed E-state index contributed by atoms with van der Waals surface area (Å²) in [6, 6.07) is 10.4. The standard InChI is InChI=1S/C16H18N4O3/c1-11-3-6-13(7-4-11)23-15-8-5-12(9-18-15)20-16(22)19-10-14(21)17-2/h3-9H,10H2,1-2H3,(H,17,21)(H2,19,20,22). The fraction of sp³-hybridized carbons (Fsp3) is 0.188. The molecule has 2 rings (SSSR count). The van der Waals surface area contributed by atoms with Gasteiger partial charge in [-0.2, -0.15) is 0 Å². The number of likely N-dealkylation sites (N-methyl/N-ethyl adjacent to an activating group) is 1. The maximum absolute atomic E-state index is 11.6. The van der Waals surface area contributed by atoms with Gasteiger partial charge in [-0.25, -0.2) is 9.78 Å². The molecular weight excluding hydrogens is 296 g/mol. The Morgan fingerprint density at radius 3 is 2.48 bits per heavy atom. The van der Waals surface area contributed by atoms with E-state index in [0.29, 0.717) is 17.3 Å². The van der Waals surface area contributed by atoms with Gasteiger partial charge in [0, 0.05) is 13.1 Å². The predicted octanol–water partition coefficient (Wildman–Crippen LogP) is 2.05. The second kappa shape index (κ2) is 7.79. The summed E-state index contributed by atoms with van der Waals surface area (Å²) in [5.41, 5.74) is 1.64. The van der Waals surface area contributed by atoms with E-state index >= 15 is 0 Å². The van der Waals surface area contributed by atoms with Crippen molar-refractivity contribution in [1.82, 2.24) is 15.6 Å². The number of hydrogen-bond acceptors (Lipinski definition) is 4. The van der Waals surface area contributed by atoms with Crippen molar-refractivity contribution in [3.8, 4) is 11.6 Å². The number of nitrogens with one attached hydrogen (secondary N) is 3. The summed E-state index contributed by atoms with van der Waals surface area (Å²) < 4.78 is 5.59. The van der Waals surface area contributed by atoms with Crippen molar-refractivity contribution < 1.29 is 14.3 Å². The maximum atomic E-state index is 11.6. The third kappa shape index (κ3) is 5.31. The van der Waals surface area contributed by atoms with Gasteiger partial charge >= 0.3 is 6.03 Å². The number of ether oxygens (including phenoxy) is 1. The van der Waals surface area contributed by atoms with Crippen LogP contribution in [-0.4, -0.2) is 30.5 Å². The molecule has 3 amide bonds. The van der Waals surface area contributed by atoms with Crippen LogP contribution in [-0.2, 0) is 4.79 Å². The molecule has 1 aromatic heterocycles. The van der Waals surface area contributed by atoms with Gasteiger partial charge < -0.3 is 20.7 Å². The van der Waals surface area contributed by atoms with Crippen LogP contribution in [0.25, 0.3) is 0 Å². The first-order valence-electron chi connectivity index (χ1n) is 7.03. The Hall–Kier alpha value is -3.09. The van der Waals surface area contributed by atoms with Crippen LogP contribution in [0.2, 0.25) is 0 Å². The molecule has 3 N–H and O–H groups in total. The van der Waals surface area contributed by atoms with Gasteiger partial charge in [-0.15, -0.1) is 0 Å². The molecule has 0 radical (unpaired) electrons. The minimum Gasteiger partial charge on any atom is -0.439 e. The highest BCUT2D eigenvalue weighted by Gasteiger charge is 2.05. The summed E-state index contributed by atoms with van der Waals surface area (Å²) in [5.74, 6) is 0.831. The smallest absolute Gasteiger partial charge is 0.319 e. The van der Waals surface area contributed by atoms with Crippen LogP contribution in [0, 0.1) is 6.92 Å². The second-order valence-electron chi connectivity index (χ2n) is 4.78. The van der Waals surface area contributed by atoms with Gasteiger partial charge in [0.25, 0.3) is 0 Å². The summed E-state index contributed by atoms with van der Waals surface area (Å²) in [5, 5.41) is 7.40. The number of hydrogen-bond donors (Lipinski definition) is 3. The van der Waals surface area contributed by atoms with Crippen LogP contribution in [0.5, 0.6) is 11.6 Å². The molecule has 1 heterocycles. The number of pyridine rings is 1. The average Bonchev–Trinajstić information content (AvgIpc) is 2.56. The van der Waals surface area contributed by atoms with Crippen molar-refractivity contribution in [2.45, 2.75) is 6.92 Å². The van der Waals surface area contributed by atoms with E-state index in [-0.39, 0.29) is 12.5 Å². The lowest BCUT2D eigenvalue weighted by Gasteiger charge is -2.08. The van der Waals surface area contributed by atoms with Gasteiger partial charge in [0.05, 0.1) is 18.4 Å². The fourth-order valence-electron chi connectivity index (χ4n) is 1.67. The van der Waals surface area contributed by atoms with E-state index in [0.717, 1.165) is 5.56 Å². The first-order chi connectivity index (χ1) is 11.1. The molecule has 0 aliphatic heterocycles. The fourth-order valence-corrected chi connectivity index (χ4v) is 1.67. The minimum absolute atomic E-state index is 0.0929. The number of carbonyl (C=O) groups excluding carboxylic acids is 2. The van der Waals surface area contributed by atoms with Gasteiger partial charge in [0.15, 0.2) is 0 Å². The van der Waals surface area contributed by atoms with Crippen molar-refractivity contribution in [3.63, 3.8) is 0 Å². The Labute approximate surface area is 134 Å². The SMILES string of the molecule is CNC(=O)CNC(=O)Nc1ccc(Oc2ccc(C)cc2)nc1. The van der Waals surface area contributed by atoms with E-state index in [1.54, 1.807) is 12.1 Å². The number of anilines is 1. The first-order valence-corrected chi connectivity index (χ1v) is 7.03. The third-order valence-corrected chi connectivity index (χ3v) is 2.93. The van der Waals surface area contributed by atoms with Crippen LogP contribution in [0.3, 0.4) is 0 Å².